The van der Waals surface area contributed by atoms with Crippen molar-refractivity contribution in [3.05, 3.63) is 20.8 Å². The number of hydrogen-bond donors (Lipinski definition) is 0. The molecule has 2 rings (SSSR count). The minimum Gasteiger partial charge on any atom is -0.333 e. The van der Waals surface area contributed by atoms with Crippen LogP contribution in [0, 0.1) is 3.57 Å². The van der Waals surface area contributed by atoms with Gasteiger partial charge in [0.25, 0.3) is 5.89 Å². The highest BCUT2D eigenvalue weighted by molar-refractivity contribution is 14.1. The molecule has 68 valence electrons. The van der Waals surface area contributed by atoms with E-state index >= 15 is 0 Å². The molecule has 0 aliphatic carbocycles. The Morgan fingerprint density at radius 2 is 2.46 bits per heavy atom. The summed E-state index contributed by atoms with van der Waals surface area (Å²) >= 11 is 9.37. The van der Waals surface area contributed by atoms with E-state index in [1.54, 1.807) is 11.3 Å². The van der Waals surface area contributed by atoms with Crippen LogP contribution in [0.3, 0.4) is 0 Å². The molecule has 0 fully saturated rings. The van der Waals surface area contributed by atoms with Gasteiger partial charge in [0.1, 0.15) is 4.88 Å². The maximum Gasteiger partial charge on any atom is 0.269 e. The Hall–Kier alpha value is -0.140. The number of thiophene rings is 1. The first-order valence-corrected chi connectivity index (χ1v) is 5.92. The Morgan fingerprint density at radius 1 is 1.62 bits per heavy atom. The topological polar surface area (TPSA) is 38.9 Å². The molecule has 2 aromatic rings. The molecule has 0 amide bonds. The van der Waals surface area contributed by atoms with Crippen molar-refractivity contribution in [3.63, 3.8) is 0 Å². The number of alkyl halides is 1. The molecule has 0 saturated heterocycles. The quantitative estimate of drug-likeness (QED) is 0.628. The molecule has 2 heterocycles. The molecule has 13 heavy (non-hydrogen) atoms. The molecule has 0 atom stereocenters. The van der Waals surface area contributed by atoms with Gasteiger partial charge in [0, 0.05) is 3.57 Å². The number of halogens is 2. The summed E-state index contributed by atoms with van der Waals surface area (Å²) in [5.74, 6) is 1.36. The highest BCUT2D eigenvalue weighted by atomic mass is 127. The first-order chi connectivity index (χ1) is 6.31. The Labute approximate surface area is 97.2 Å². The summed E-state index contributed by atoms with van der Waals surface area (Å²) in [4.78, 5) is 5.13. The predicted octanol–water partition coefficient (Wildman–Crippen LogP) is 3.14. The third kappa shape index (κ3) is 1.87. The molecule has 0 N–H and O–H groups in total. The van der Waals surface area contributed by atoms with E-state index in [4.69, 9.17) is 16.1 Å². The summed E-state index contributed by atoms with van der Waals surface area (Å²) in [6, 6.07) is 2.01. The van der Waals surface area contributed by atoms with Crippen LogP contribution >= 0.6 is 45.5 Å². The van der Waals surface area contributed by atoms with Crippen LogP contribution in [0.2, 0.25) is 0 Å². The zero-order chi connectivity index (χ0) is 9.26. The van der Waals surface area contributed by atoms with Crippen LogP contribution in [0.1, 0.15) is 5.82 Å². The fourth-order valence-corrected chi connectivity index (χ4v) is 2.70. The highest BCUT2D eigenvalue weighted by Gasteiger charge is 2.12. The average molecular weight is 327 g/mol. The summed E-state index contributed by atoms with van der Waals surface area (Å²) in [5.41, 5.74) is 0. The Kier molecular flexibility index (Phi) is 2.85. The van der Waals surface area contributed by atoms with Gasteiger partial charge in [-0.2, -0.15) is 4.98 Å². The fraction of sp³-hybridized carbons (Fsp3) is 0.143. The van der Waals surface area contributed by atoms with Crippen molar-refractivity contribution < 1.29 is 4.52 Å². The molecule has 6 heteroatoms. The second-order valence-corrected chi connectivity index (χ2v) is 4.59. The molecule has 0 spiro atoms. The van der Waals surface area contributed by atoms with Crippen molar-refractivity contribution in [1.82, 2.24) is 10.1 Å². The van der Waals surface area contributed by atoms with Gasteiger partial charge in [0.05, 0.1) is 5.88 Å². The third-order valence-corrected chi connectivity index (χ3v) is 3.81. The largest absolute Gasteiger partial charge is 0.333 e. The molecular weight excluding hydrogens is 323 g/mol. The lowest BCUT2D eigenvalue weighted by Gasteiger charge is -1.86. The Balaban J connectivity index is 2.41. The molecule has 0 unspecified atom stereocenters. The lowest BCUT2D eigenvalue weighted by Crippen LogP contribution is -1.79. The van der Waals surface area contributed by atoms with Crippen LogP contribution in [0.4, 0.5) is 0 Å². The van der Waals surface area contributed by atoms with Gasteiger partial charge >= 0.3 is 0 Å². The van der Waals surface area contributed by atoms with Gasteiger partial charge in [-0.05, 0) is 34.0 Å². The maximum atomic E-state index is 5.56. The normalized spacial score (nSPS) is 10.6. The molecule has 0 saturated carbocycles. The van der Waals surface area contributed by atoms with E-state index in [0.717, 1.165) is 8.45 Å². The second kappa shape index (κ2) is 3.93. The summed E-state index contributed by atoms with van der Waals surface area (Å²) in [6.07, 6.45) is 0. The van der Waals surface area contributed by atoms with Gasteiger partial charge < -0.3 is 4.52 Å². The van der Waals surface area contributed by atoms with Crippen LogP contribution in [-0.2, 0) is 5.88 Å². The summed E-state index contributed by atoms with van der Waals surface area (Å²) in [7, 11) is 0. The van der Waals surface area contributed by atoms with Crippen molar-refractivity contribution >= 4 is 45.5 Å². The standard InChI is InChI=1S/C7H4ClIN2OS/c8-3-5-10-7(12-11-5)6-4(9)1-2-13-6/h1-2H,3H2. The van der Waals surface area contributed by atoms with Gasteiger partial charge in [-0.15, -0.1) is 22.9 Å². The summed E-state index contributed by atoms with van der Waals surface area (Å²) < 4.78 is 6.16. The average Bonchev–Trinajstić information content (AvgIpc) is 2.71. The molecule has 0 aromatic carbocycles. The number of nitrogens with zero attached hydrogens (tertiary/aromatic N) is 2. The molecule has 0 bridgehead atoms. The van der Waals surface area contributed by atoms with E-state index in [9.17, 15) is 0 Å². The lowest BCUT2D eigenvalue weighted by molar-refractivity contribution is 0.425. The first kappa shape index (κ1) is 9.42. The molecule has 0 radical (unpaired) electrons. The number of aromatic nitrogens is 2. The van der Waals surface area contributed by atoms with Crippen molar-refractivity contribution in [3.8, 4) is 10.8 Å². The lowest BCUT2D eigenvalue weighted by atomic mass is 10.5. The van der Waals surface area contributed by atoms with E-state index < -0.39 is 0 Å². The number of rotatable bonds is 2. The summed E-state index contributed by atoms with van der Waals surface area (Å²) in [6.45, 7) is 0. The van der Waals surface area contributed by atoms with Crippen molar-refractivity contribution in [1.29, 1.82) is 0 Å². The van der Waals surface area contributed by atoms with E-state index in [2.05, 4.69) is 32.7 Å². The van der Waals surface area contributed by atoms with E-state index in [1.165, 1.54) is 0 Å². The fourth-order valence-electron chi connectivity index (χ4n) is 0.847. The zero-order valence-electron chi connectivity index (χ0n) is 6.33. The second-order valence-electron chi connectivity index (χ2n) is 2.25. The summed E-state index contributed by atoms with van der Waals surface area (Å²) in [5, 5.41) is 5.70. The van der Waals surface area contributed by atoms with Crippen LogP contribution in [-0.4, -0.2) is 10.1 Å². The molecular formula is C7H4ClIN2OS. The van der Waals surface area contributed by atoms with Crippen LogP contribution in [0.25, 0.3) is 10.8 Å². The molecule has 0 aliphatic heterocycles. The van der Waals surface area contributed by atoms with Crippen molar-refractivity contribution in [2.75, 3.05) is 0 Å². The molecule has 0 aliphatic rings. The van der Waals surface area contributed by atoms with Gasteiger partial charge in [0.2, 0.25) is 0 Å². The van der Waals surface area contributed by atoms with E-state index in [0.29, 0.717) is 11.7 Å². The molecule has 2 aromatic heterocycles. The smallest absolute Gasteiger partial charge is 0.269 e. The monoisotopic (exact) mass is 326 g/mol. The highest BCUT2D eigenvalue weighted by Crippen LogP contribution is 2.29. The van der Waals surface area contributed by atoms with E-state index in [-0.39, 0.29) is 5.88 Å². The first-order valence-electron chi connectivity index (χ1n) is 3.43. The van der Waals surface area contributed by atoms with Crippen molar-refractivity contribution in [2.24, 2.45) is 0 Å². The van der Waals surface area contributed by atoms with Crippen LogP contribution < -0.4 is 0 Å². The SMILES string of the molecule is ClCc1noc(-c2sccc2I)n1. The van der Waals surface area contributed by atoms with Crippen LogP contribution in [0.15, 0.2) is 16.0 Å². The minimum atomic E-state index is 0.283. The van der Waals surface area contributed by atoms with Gasteiger partial charge in [-0.1, -0.05) is 5.16 Å². The maximum absolute atomic E-state index is 5.56. The van der Waals surface area contributed by atoms with Gasteiger partial charge in [-0.3, -0.25) is 0 Å². The van der Waals surface area contributed by atoms with Gasteiger partial charge in [-0.25, -0.2) is 0 Å². The van der Waals surface area contributed by atoms with Crippen LogP contribution in [0.5, 0.6) is 0 Å². The minimum absolute atomic E-state index is 0.283. The van der Waals surface area contributed by atoms with E-state index in [1.807, 2.05) is 11.4 Å². The zero-order valence-corrected chi connectivity index (χ0v) is 10.1. The van der Waals surface area contributed by atoms with Gasteiger partial charge in [0.15, 0.2) is 5.82 Å². The Morgan fingerprint density at radius 3 is 3.00 bits per heavy atom. The molecule has 3 nitrogen and oxygen atoms in total. The van der Waals surface area contributed by atoms with Crippen molar-refractivity contribution in [2.45, 2.75) is 5.88 Å². The predicted molar refractivity (Wildman–Crippen MR) is 59.9 cm³/mol. The Bertz CT molecular complexity index is 414. The number of hydrogen-bond acceptors (Lipinski definition) is 4. The third-order valence-electron chi connectivity index (χ3n) is 1.40.